The summed E-state index contributed by atoms with van der Waals surface area (Å²) in [5.74, 6) is 2.06. The maximum absolute atomic E-state index is 11.6. The normalized spacial score (nSPS) is 33.4. The molecule has 0 spiro atoms. The molecule has 6 heteroatoms. The molecular weight excluding hydrogens is 244 g/mol. The molecule has 1 saturated heterocycles. The Kier molecular flexibility index (Phi) is 3.79. The highest BCUT2D eigenvalue weighted by Gasteiger charge is 2.31. The van der Waals surface area contributed by atoms with Crippen molar-refractivity contribution in [1.29, 1.82) is 0 Å². The third-order valence-electron chi connectivity index (χ3n) is 2.99. The number of aliphatic imine (C=N–C) groups is 1. The van der Waals surface area contributed by atoms with E-state index in [1.54, 1.807) is 11.8 Å². The number of hydrogen-bond donors (Lipinski definition) is 1. The summed E-state index contributed by atoms with van der Waals surface area (Å²) in [6.45, 7) is 3.56. The maximum atomic E-state index is 11.6. The highest BCUT2D eigenvalue weighted by Crippen LogP contribution is 2.20. The Bertz CT molecular complexity index is 378. The molecule has 0 radical (unpaired) electrons. The molecule has 16 heavy (non-hydrogen) atoms. The van der Waals surface area contributed by atoms with Gasteiger partial charge in [0, 0.05) is 18.8 Å². The van der Waals surface area contributed by atoms with E-state index in [1.807, 2.05) is 0 Å². The van der Waals surface area contributed by atoms with Crippen molar-refractivity contribution in [3.05, 3.63) is 0 Å². The first-order valence-corrected chi connectivity index (χ1v) is 8.41. The fourth-order valence-electron chi connectivity index (χ4n) is 1.95. The maximum Gasteiger partial charge on any atom is 0.156 e. The van der Waals surface area contributed by atoms with Gasteiger partial charge in [-0.1, -0.05) is 18.7 Å². The summed E-state index contributed by atoms with van der Waals surface area (Å²) in [5.41, 5.74) is 0. The molecule has 0 aromatic rings. The molecule has 0 bridgehead atoms. The second-order valence-electron chi connectivity index (χ2n) is 4.57. The second kappa shape index (κ2) is 4.96. The molecule has 0 amide bonds. The van der Waals surface area contributed by atoms with Crippen LogP contribution < -0.4 is 5.32 Å². The summed E-state index contributed by atoms with van der Waals surface area (Å²) in [6.07, 6.45) is 1.61. The molecule has 0 aromatic carbocycles. The standard InChI is InChI=1S/C10H18N2O2S2/c1-8-5-11-10(15-7-8)12-6-9-3-2-4-16(9,13)14/h8-9H,2-7H2,1H3,(H,11,12). The van der Waals surface area contributed by atoms with E-state index >= 15 is 0 Å². The van der Waals surface area contributed by atoms with Gasteiger partial charge in [0.05, 0.1) is 11.0 Å². The fourth-order valence-corrected chi connectivity index (χ4v) is 4.62. The van der Waals surface area contributed by atoms with Gasteiger partial charge in [-0.3, -0.25) is 4.99 Å². The van der Waals surface area contributed by atoms with Crippen LogP contribution in [0.15, 0.2) is 4.99 Å². The van der Waals surface area contributed by atoms with Crippen LogP contribution in [0.25, 0.3) is 0 Å². The number of sulfone groups is 1. The number of amidine groups is 1. The lowest BCUT2D eigenvalue weighted by atomic mass is 10.2. The van der Waals surface area contributed by atoms with Gasteiger partial charge in [0.1, 0.15) is 0 Å². The van der Waals surface area contributed by atoms with Gasteiger partial charge in [-0.05, 0) is 18.8 Å². The summed E-state index contributed by atoms with van der Waals surface area (Å²) in [6, 6.07) is 0. The molecular formula is C10H18N2O2S2. The van der Waals surface area contributed by atoms with E-state index < -0.39 is 9.84 Å². The van der Waals surface area contributed by atoms with Gasteiger partial charge in [0.25, 0.3) is 0 Å². The van der Waals surface area contributed by atoms with Gasteiger partial charge in [-0.2, -0.15) is 0 Å². The van der Waals surface area contributed by atoms with Crippen LogP contribution in [0.5, 0.6) is 0 Å². The Morgan fingerprint density at radius 2 is 2.38 bits per heavy atom. The van der Waals surface area contributed by atoms with E-state index in [1.165, 1.54) is 0 Å². The first-order valence-electron chi connectivity index (χ1n) is 5.70. The highest BCUT2D eigenvalue weighted by molar-refractivity contribution is 8.13. The van der Waals surface area contributed by atoms with Crippen molar-refractivity contribution in [1.82, 2.24) is 5.32 Å². The van der Waals surface area contributed by atoms with Gasteiger partial charge < -0.3 is 5.32 Å². The molecule has 2 rings (SSSR count). The number of nitrogens with one attached hydrogen (secondary N) is 1. The zero-order valence-corrected chi connectivity index (χ0v) is 11.1. The monoisotopic (exact) mass is 262 g/mol. The number of thioether (sulfide) groups is 1. The van der Waals surface area contributed by atoms with Gasteiger partial charge in [-0.15, -0.1) is 0 Å². The minimum Gasteiger partial charge on any atom is -0.364 e. The molecule has 92 valence electrons. The molecule has 0 saturated carbocycles. The minimum atomic E-state index is -2.83. The van der Waals surface area contributed by atoms with Crippen molar-refractivity contribution in [2.45, 2.75) is 25.0 Å². The summed E-state index contributed by atoms with van der Waals surface area (Å²) in [7, 11) is -2.83. The highest BCUT2D eigenvalue weighted by atomic mass is 32.2. The SMILES string of the molecule is CC1CN=C(NCC2CCCS2(=O)=O)SC1. The number of nitrogens with zero attached hydrogens (tertiary/aromatic N) is 1. The third kappa shape index (κ3) is 2.91. The van der Waals surface area contributed by atoms with E-state index in [0.717, 1.165) is 30.3 Å². The van der Waals surface area contributed by atoms with Crippen molar-refractivity contribution in [2.75, 3.05) is 24.6 Å². The van der Waals surface area contributed by atoms with E-state index in [-0.39, 0.29) is 5.25 Å². The van der Waals surface area contributed by atoms with Crippen molar-refractivity contribution >= 4 is 26.8 Å². The minimum absolute atomic E-state index is 0.199. The lowest BCUT2D eigenvalue weighted by Gasteiger charge is -2.19. The molecule has 1 fully saturated rings. The zero-order valence-electron chi connectivity index (χ0n) is 9.48. The van der Waals surface area contributed by atoms with Gasteiger partial charge in [0.2, 0.25) is 0 Å². The predicted octanol–water partition coefficient (Wildman–Crippen LogP) is 0.892. The largest absolute Gasteiger partial charge is 0.364 e. The van der Waals surface area contributed by atoms with Crippen LogP contribution in [-0.4, -0.2) is 43.4 Å². The third-order valence-corrected chi connectivity index (χ3v) is 6.55. The summed E-state index contributed by atoms with van der Waals surface area (Å²) in [5, 5.41) is 3.89. The Labute approximate surface area is 101 Å². The van der Waals surface area contributed by atoms with E-state index in [0.29, 0.717) is 18.2 Å². The van der Waals surface area contributed by atoms with E-state index in [9.17, 15) is 8.42 Å². The Balaban J connectivity index is 1.84. The first-order chi connectivity index (χ1) is 7.58. The molecule has 4 nitrogen and oxygen atoms in total. The Hall–Kier alpha value is -0.230. The average molecular weight is 262 g/mol. The molecule has 2 atom stereocenters. The first kappa shape index (κ1) is 12.2. The molecule has 2 unspecified atom stereocenters. The van der Waals surface area contributed by atoms with Crippen LogP contribution in [0.1, 0.15) is 19.8 Å². The van der Waals surface area contributed by atoms with Crippen LogP contribution >= 0.6 is 11.8 Å². The van der Waals surface area contributed by atoms with E-state index in [4.69, 9.17) is 0 Å². The van der Waals surface area contributed by atoms with Gasteiger partial charge in [-0.25, -0.2) is 8.42 Å². The zero-order chi connectivity index (χ0) is 11.6. The summed E-state index contributed by atoms with van der Waals surface area (Å²) < 4.78 is 23.2. The molecule has 1 N–H and O–H groups in total. The van der Waals surface area contributed by atoms with Gasteiger partial charge >= 0.3 is 0 Å². The molecule has 2 heterocycles. The van der Waals surface area contributed by atoms with Crippen molar-refractivity contribution < 1.29 is 8.42 Å². The van der Waals surface area contributed by atoms with Crippen LogP contribution in [0.2, 0.25) is 0 Å². The lowest BCUT2D eigenvalue weighted by molar-refractivity contribution is 0.586. The molecule has 2 aliphatic rings. The molecule has 0 aliphatic carbocycles. The van der Waals surface area contributed by atoms with E-state index in [2.05, 4.69) is 17.2 Å². The topological polar surface area (TPSA) is 58.5 Å². The van der Waals surface area contributed by atoms with Crippen molar-refractivity contribution in [3.63, 3.8) is 0 Å². The van der Waals surface area contributed by atoms with Crippen LogP contribution in [0, 0.1) is 5.92 Å². The Morgan fingerprint density at radius 1 is 1.56 bits per heavy atom. The molecule has 0 aromatic heterocycles. The predicted molar refractivity (Wildman–Crippen MR) is 68.7 cm³/mol. The summed E-state index contributed by atoms with van der Waals surface area (Å²) >= 11 is 1.70. The van der Waals surface area contributed by atoms with Gasteiger partial charge in [0.15, 0.2) is 15.0 Å². The van der Waals surface area contributed by atoms with Crippen molar-refractivity contribution in [2.24, 2.45) is 10.9 Å². The van der Waals surface area contributed by atoms with Crippen LogP contribution in [-0.2, 0) is 9.84 Å². The number of hydrogen-bond acceptors (Lipinski definition) is 5. The van der Waals surface area contributed by atoms with Crippen LogP contribution in [0.4, 0.5) is 0 Å². The van der Waals surface area contributed by atoms with Crippen LogP contribution in [0.3, 0.4) is 0 Å². The lowest BCUT2D eigenvalue weighted by Crippen LogP contribution is -2.35. The smallest absolute Gasteiger partial charge is 0.156 e. The second-order valence-corrected chi connectivity index (χ2v) is 7.98. The quantitative estimate of drug-likeness (QED) is 0.803. The number of rotatable bonds is 2. The fraction of sp³-hybridized carbons (Fsp3) is 0.900. The average Bonchev–Trinajstić information content (AvgIpc) is 2.57. The van der Waals surface area contributed by atoms with Crippen molar-refractivity contribution in [3.8, 4) is 0 Å². The Morgan fingerprint density at radius 3 is 2.94 bits per heavy atom. The molecule has 2 aliphatic heterocycles. The summed E-state index contributed by atoms with van der Waals surface area (Å²) in [4.78, 5) is 4.39.